The van der Waals surface area contributed by atoms with Crippen molar-refractivity contribution in [2.45, 2.75) is 77.8 Å². The Kier molecular flexibility index (Phi) is 4.52. The lowest BCUT2D eigenvalue weighted by Gasteiger charge is -2.47. The van der Waals surface area contributed by atoms with Gasteiger partial charge >= 0.3 is 0 Å². The zero-order valence-electron chi connectivity index (χ0n) is 12.5. The fourth-order valence-corrected chi connectivity index (χ4v) is 31.2. The molecule has 0 heterocycles. The van der Waals surface area contributed by atoms with Crippen molar-refractivity contribution in [2.75, 3.05) is 0 Å². The molecule has 0 radical (unpaired) electrons. The first-order valence-electron chi connectivity index (χ1n) is 6.00. The molecule has 0 aliphatic rings. The van der Waals surface area contributed by atoms with E-state index in [1.807, 2.05) is 0 Å². The maximum Gasteiger partial charge on any atom is 0.0731 e. The first kappa shape index (κ1) is 15.9. The molecule has 0 nitrogen and oxygen atoms in total. The summed E-state index contributed by atoms with van der Waals surface area (Å²) in [6.45, 7) is 25.0. The quantitative estimate of drug-likeness (QED) is 0.444. The Morgan fingerprint density at radius 3 is 0.933 bits per heavy atom. The number of rotatable bonds is 2. The predicted octanol–water partition coefficient (Wildman–Crippen LogP) is 5.68. The standard InChI is InChI=1S/C12H31PSi2/c1-11(2,3)14(7,8)13-15(9,10)12(4,5)6/h13H,1-10H3. The van der Waals surface area contributed by atoms with Gasteiger partial charge in [0.25, 0.3) is 0 Å². The predicted molar refractivity (Wildman–Crippen MR) is 82.7 cm³/mol. The van der Waals surface area contributed by atoms with E-state index < -0.39 is 15.5 Å². The molecule has 3 heteroatoms. The summed E-state index contributed by atoms with van der Waals surface area (Å²) in [5.74, 6) is 0. The van der Waals surface area contributed by atoms with Crippen molar-refractivity contribution in [3.63, 3.8) is 0 Å². The molecule has 0 aromatic rings. The molecule has 0 aliphatic carbocycles. The Morgan fingerprint density at radius 2 is 0.800 bits per heavy atom. The molecule has 0 N–H and O–H groups in total. The SMILES string of the molecule is CC(C)(C)[Si](C)(C)P[Si](C)(C)C(C)(C)C. The van der Waals surface area contributed by atoms with Gasteiger partial charge in [0.15, 0.2) is 0 Å². The van der Waals surface area contributed by atoms with Crippen molar-refractivity contribution < 1.29 is 0 Å². The van der Waals surface area contributed by atoms with E-state index in [1.54, 1.807) is 0 Å². The third-order valence-corrected chi connectivity index (χ3v) is 32.6. The van der Waals surface area contributed by atoms with Gasteiger partial charge in [0.1, 0.15) is 0 Å². The number of hydrogen-bond donors (Lipinski definition) is 0. The van der Waals surface area contributed by atoms with Crippen LogP contribution < -0.4 is 0 Å². The summed E-state index contributed by atoms with van der Waals surface area (Å²) in [5, 5.41) is 1.11. The van der Waals surface area contributed by atoms with Crippen molar-refractivity contribution >= 4 is 23.2 Å². The van der Waals surface area contributed by atoms with Gasteiger partial charge in [-0.1, -0.05) is 67.7 Å². The van der Waals surface area contributed by atoms with Crippen molar-refractivity contribution in [1.29, 1.82) is 0 Å². The van der Waals surface area contributed by atoms with E-state index in [0.29, 0.717) is 10.1 Å². The van der Waals surface area contributed by atoms with Gasteiger partial charge in [0.2, 0.25) is 0 Å². The summed E-state index contributed by atoms with van der Waals surface area (Å²) in [6.07, 6.45) is 0. The fourth-order valence-electron chi connectivity index (χ4n) is 1.16. The van der Waals surface area contributed by atoms with Crippen LogP contribution in [0.3, 0.4) is 0 Å². The van der Waals surface area contributed by atoms with Crippen LogP contribution in [0.4, 0.5) is 0 Å². The molecule has 0 saturated carbocycles. The highest BCUT2D eigenvalue weighted by molar-refractivity contribution is 8.07. The minimum absolute atomic E-state index is 0.557. The minimum Gasteiger partial charge on any atom is -0.143 e. The van der Waals surface area contributed by atoms with Crippen molar-refractivity contribution in [3.8, 4) is 0 Å². The lowest BCUT2D eigenvalue weighted by Crippen LogP contribution is -2.42. The molecule has 92 valence electrons. The molecule has 0 aliphatic heterocycles. The van der Waals surface area contributed by atoms with Gasteiger partial charge in [-0.3, -0.25) is 0 Å². The molecule has 15 heavy (non-hydrogen) atoms. The van der Waals surface area contributed by atoms with Crippen LogP contribution in [-0.4, -0.2) is 15.5 Å². The second kappa shape index (κ2) is 4.27. The molecule has 0 saturated heterocycles. The summed E-state index contributed by atoms with van der Waals surface area (Å²) in [5.41, 5.74) is 0. The van der Waals surface area contributed by atoms with E-state index in [9.17, 15) is 0 Å². The van der Waals surface area contributed by atoms with Gasteiger partial charge in [0.05, 0.1) is 15.5 Å². The van der Waals surface area contributed by atoms with E-state index in [1.165, 1.54) is 7.68 Å². The monoisotopic (exact) mass is 262 g/mol. The van der Waals surface area contributed by atoms with Gasteiger partial charge in [-0.05, 0) is 10.1 Å². The van der Waals surface area contributed by atoms with Crippen LogP contribution in [0.1, 0.15) is 41.5 Å². The maximum absolute atomic E-state index is 2.59. The zero-order valence-corrected chi connectivity index (χ0v) is 15.5. The van der Waals surface area contributed by atoms with Gasteiger partial charge in [-0.2, -0.15) is 0 Å². The highest BCUT2D eigenvalue weighted by atomic mass is 31.6. The second-order valence-corrected chi connectivity index (χ2v) is 28.1. The largest absolute Gasteiger partial charge is 0.143 e. The molecule has 0 aromatic heterocycles. The van der Waals surface area contributed by atoms with Crippen LogP contribution in [0, 0.1) is 0 Å². The minimum atomic E-state index is -1.06. The lowest BCUT2D eigenvalue weighted by atomic mass is 10.2. The Balaban J connectivity index is 4.89. The van der Waals surface area contributed by atoms with Crippen LogP contribution >= 0.6 is 7.68 Å². The topological polar surface area (TPSA) is 0 Å². The van der Waals surface area contributed by atoms with E-state index in [0.717, 1.165) is 0 Å². The van der Waals surface area contributed by atoms with E-state index in [-0.39, 0.29) is 0 Å². The molecule has 0 fully saturated rings. The third kappa shape index (κ3) is 3.98. The molecule has 0 amide bonds. The van der Waals surface area contributed by atoms with Crippen molar-refractivity contribution in [3.05, 3.63) is 0 Å². The van der Waals surface area contributed by atoms with Crippen LogP contribution in [0.15, 0.2) is 0 Å². The van der Waals surface area contributed by atoms with E-state index in [2.05, 4.69) is 67.7 Å². The van der Waals surface area contributed by atoms with E-state index in [4.69, 9.17) is 0 Å². The Labute approximate surface area is 101 Å². The Bertz CT molecular complexity index is 195. The number of hydrogen-bond acceptors (Lipinski definition) is 0. The molecule has 0 aromatic carbocycles. The molecule has 0 bridgehead atoms. The zero-order chi connectivity index (χ0) is 12.7. The van der Waals surface area contributed by atoms with E-state index >= 15 is 0 Å². The summed E-state index contributed by atoms with van der Waals surface area (Å²) in [4.78, 5) is 0. The van der Waals surface area contributed by atoms with Crippen molar-refractivity contribution in [2.24, 2.45) is 0 Å². The first-order chi connectivity index (χ1) is 6.21. The second-order valence-electron chi connectivity index (χ2n) is 7.88. The summed E-state index contributed by atoms with van der Waals surface area (Å²) < 4.78 is 0. The fraction of sp³-hybridized carbons (Fsp3) is 1.00. The lowest BCUT2D eigenvalue weighted by molar-refractivity contribution is 0.731. The van der Waals surface area contributed by atoms with Crippen LogP contribution in [0.25, 0.3) is 0 Å². The average Bonchev–Trinajstić information content (AvgIpc) is 1.77. The smallest absolute Gasteiger partial charge is 0.0731 e. The highest BCUT2D eigenvalue weighted by Crippen LogP contribution is 2.57. The van der Waals surface area contributed by atoms with Gasteiger partial charge in [-0.15, -0.1) is 7.68 Å². The molecule has 0 unspecified atom stereocenters. The van der Waals surface area contributed by atoms with Crippen LogP contribution in [0.2, 0.25) is 36.3 Å². The van der Waals surface area contributed by atoms with Gasteiger partial charge < -0.3 is 0 Å². The Hall–Kier alpha value is 0.864. The molecule has 0 atom stereocenters. The van der Waals surface area contributed by atoms with Crippen LogP contribution in [0.5, 0.6) is 0 Å². The Morgan fingerprint density at radius 1 is 0.600 bits per heavy atom. The molecular formula is C12H31PSi2. The van der Waals surface area contributed by atoms with Gasteiger partial charge in [-0.25, -0.2) is 0 Å². The summed E-state index contributed by atoms with van der Waals surface area (Å²) in [6, 6.07) is 0. The summed E-state index contributed by atoms with van der Waals surface area (Å²) >= 11 is 0. The molecular weight excluding hydrogens is 231 g/mol. The maximum atomic E-state index is 2.59. The normalized spacial score (nSPS) is 15.6. The first-order valence-corrected chi connectivity index (χ1v) is 15.0. The summed E-state index contributed by atoms with van der Waals surface area (Å²) in [7, 11) is -0.855. The molecule has 0 rings (SSSR count). The third-order valence-electron chi connectivity index (χ3n) is 4.38. The highest BCUT2D eigenvalue weighted by Gasteiger charge is 2.44. The molecule has 0 spiro atoms. The van der Waals surface area contributed by atoms with Gasteiger partial charge in [0, 0.05) is 0 Å². The average molecular weight is 263 g/mol. The van der Waals surface area contributed by atoms with Crippen LogP contribution in [-0.2, 0) is 0 Å². The van der Waals surface area contributed by atoms with Crippen molar-refractivity contribution in [1.82, 2.24) is 0 Å².